The van der Waals surface area contributed by atoms with Gasteiger partial charge in [0.2, 0.25) is 0 Å². The molecule has 0 aromatic rings. The number of ether oxygens (including phenoxy) is 1. The maximum atomic E-state index is 10.1. The molecule has 16 heavy (non-hydrogen) atoms. The van der Waals surface area contributed by atoms with Gasteiger partial charge in [-0.2, -0.15) is 0 Å². The van der Waals surface area contributed by atoms with Crippen molar-refractivity contribution in [3.8, 4) is 0 Å². The monoisotopic (exact) mass is 262 g/mol. The average molecular weight is 262 g/mol. The summed E-state index contributed by atoms with van der Waals surface area (Å²) < 4.78 is 33.6. The van der Waals surface area contributed by atoms with Crippen LogP contribution >= 0.6 is 7.99 Å². The second kappa shape index (κ2) is 9.86. The van der Waals surface area contributed by atoms with E-state index in [2.05, 4.69) is 6.58 Å². The highest BCUT2D eigenvalue weighted by Gasteiger charge is 2.09. The van der Waals surface area contributed by atoms with Crippen LogP contribution in [-0.2, 0) is 9.30 Å². The zero-order chi connectivity index (χ0) is 13.2. The summed E-state index contributed by atoms with van der Waals surface area (Å²) in [4.78, 5) is 6.74. The summed E-state index contributed by atoms with van der Waals surface area (Å²) in [6.45, 7) is 6.07. The Labute approximate surface area is 93.1 Å². The van der Waals surface area contributed by atoms with Gasteiger partial charge in [-0.25, -0.2) is 4.57 Å². The van der Waals surface area contributed by atoms with E-state index >= 15 is 0 Å². The van der Waals surface area contributed by atoms with E-state index < -0.39 is 14.1 Å². The summed E-state index contributed by atoms with van der Waals surface area (Å²) in [7, 11) is -5.64. The molecule has 0 fully saturated rings. The van der Waals surface area contributed by atoms with E-state index in [1.54, 1.807) is 0 Å². The van der Waals surface area contributed by atoms with E-state index in [-0.39, 0.29) is 19.8 Å². The van der Waals surface area contributed by atoms with Crippen molar-refractivity contribution in [3.05, 3.63) is 12.2 Å². The van der Waals surface area contributed by atoms with Gasteiger partial charge < -0.3 is 14.9 Å². The molecule has 0 rings (SSSR count). The lowest BCUT2D eigenvalue weighted by Gasteiger charge is -2.09. The van der Waals surface area contributed by atoms with Crippen LogP contribution < -0.4 is 0 Å². The first-order chi connectivity index (χ1) is 7.16. The molecule has 0 aromatic heterocycles. The topological polar surface area (TPSA) is 87.0 Å². The Balaban J connectivity index is 0. The van der Waals surface area contributed by atoms with Gasteiger partial charge in [0.1, 0.15) is 0 Å². The fraction of sp³-hybridized carbons (Fsp3) is 0.750. The third-order valence-corrected chi connectivity index (χ3v) is 1.13. The molecule has 0 aliphatic rings. The third-order valence-electron chi connectivity index (χ3n) is 1.13. The van der Waals surface area contributed by atoms with Crippen molar-refractivity contribution < 1.29 is 32.8 Å². The van der Waals surface area contributed by atoms with Crippen molar-refractivity contribution in [2.24, 2.45) is 0 Å². The van der Waals surface area contributed by atoms with Gasteiger partial charge in [-0.3, -0.25) is 4.89 Å². The molecule has 0 aliphatic heterocycles. The van der Waals surface area contributed by atoms with Crippen LogP contribution in [0.3, 0.4) is 0 Å². The molecule has 3 N–H and O–H groups in total. The van der Waals surface area contributed by atoms with Gasteiger partial charge in [0, 0.05) is 0 Å². The van der Waals surface area contributed by atoms with E-state index in [0.717, 1.165) is 5.57 Å². The van der Waals surface area contributed by atoms with Crippen molar-refractivity contribution in [2.45, 2.75) is 19.4 Å². The smallest absolute Gasteiger partial charge is 0.394 e. The van der Waals surface area contributed by atoms with Crippen molar-refractivity contribution >= 4 is 7.99 Å². The molecule has 8 heteroatoms. The van der Waals surface area contributed by atoms with Crippen LogP contribution in [0, 0.1) is 0 Å². The largest absolute Gasteiger partial charge is 0.549 e. The van der Waals surface area contributed by atoms with Crippen molar-refractivity contribution in [1.29, 1.82) is 0 Å². The van der Waals surface area contributed by atoms with Gasteiger partial charge in [-0.15, -0.1) is 15.0 Å². The van der Waals surface area contributed by atoms with E-state index in [0.29, 0.717) is 6.42 Å². The molecule has 1 atom stereocenters. The lowest BCUT2D eigenvalue weighted by Crippen LogP contribution is -2.16. The second-order valence-corrected chi connectivity index (χ2v) is 3.92. The summed E-state index contributed by atoms with van der Waals surface area (Å²) in [5, 5.41) is 17.5. The van der Waals surface area contributed by atoms with Gasteiger partial charge in [-0.1, -0.05) is 5.57 Å². The van der Waals surface area contributed by atoms with Gasteiger partial charge in [0.05, 0.1) is 25.9 Å². The Bertz CT molecular complexity index is 222. The highest BCUT2D eigenvalue weighted by molar-refractivity contribution is 7.46. The molecule has 5 nitrogen and oxygen atoms in total. The van der Waals surface area contributed by atoms with Crippen LogP contribution in [0.4, 0.5) is 8.39 Å². The summed E-state index contributed by atoms with van der Waals surface area (Å²) in [6.07, 6.45) is 0.0740. The molecule has 0 radical (unpaired) electrons. The lowest BCUT2D eigenvalue weighted by molar-refractivity contribution is 0.0218. The molecule has 0 bridgehead atoms. The zero-order valence-electron chi connectivity index (χ0n) is 8.97. The molecule has 0 aliphatic carbocycles. The fourth-order valence-electron chi connectivity index (χ4n) is 0.745. The highest BCUT2D eigenvalue weighted by Crippen LogP contribution is 2.43. The molecular formula is C8H17F2O5P. The quantitative estimate of drug-likeness (QED) is 0.382. The highest BCUT2D eigenvalue weighted by atomic mass is 31.2. The minimum atomic E-state index is -5.64. The Hall–Kier alpha value is -0.330. The maximum absolute atomic E-state index is 10.1. The first-order valence-corrected chi connectivity index (χ1v) is 5.84. The third kappa shape index (κ3) is 29.2. The van der Waals surface area contributed by atoms with Crippen LogP contribution in [0.1, 0.15) is 13.3 Å². The molecule has 0 spiro atoms. The van der Waals surface area contributed by atoms with Crippen molar-refractivity contribution in [2.75, 3.05) is 19.8 Å². The van der Waals surface area contributed by atoms with Gasteiger partial charge in [0.25, 0.3) is 0 Å². The molecule has 98 valence electrons. The SMILES string of the molecule is C=C(C)CC(O)COCCO.O=P(O)(F)F. The van der Waals surface area contributed by atoms with Crippen LogP contribution in [0.15, 0.2) is 12.2 Å². The first-order valence-electron chi connectivity index (χ1n) is 4.40. The number of aliphatic hydroxyl groups is 2. The number of hydrogen-bond donors (Lipinski definition) is 3. The van der Waals surface area contributed by atoms with Gasteiger partial charge in [0.15, 0.2) is 0 Å². The van der Waals surface area contributed by atoms with Crippen LogP contribution in [-0.4, -0.2) is 41.0 Å². The summed E-state index contributed by atoms with van der Waals surface area (Å²) >= 11 is 0. The lowest BCUT2D eigenvalue weighted by atomic mass is 10.1. The van der Waals surface area contributed by atoms with Crippen molar-refractivity contribution in [1.82, 2.24) is 0 Å². The molecule has 0 saturated carbocycles. The fourth-order valence-corrected chi connectivity index (χ4v) is 0.745. The molecule has 0 saturated heterocycles. The predicted molar refractivity (Wildman–Crippen MR) is 55.4 cm³/mol. The van der Waals surface area contributed by atoms with Crippen molar-refractivity contribution in [3.63, 3.8) is 0 Å². The zero-order valence-corrected chi connectivity index (χ0v) is 9.87. The van der Waals surface area contributed by atoms with Crippen LogP contribution in [0.2, 0.25) is 0 Å². The molecule has 0 aromatic carbocycles. The molecular weight excluding hydrogens is 245 g/mol. The Morgan fingerprint density at radius 1 is 1.56 bits per heavy atom. The second-order valence-electron chi connectivity index (χ2n) is 3.05. The summed E-state index contributed by atoms with van der Waals surface area (Å²) in [5.41, 5.74) is 0.935. The van der Waals surface area contributed by atoms with E-state index in [4.69, 9.17) is 19.3 Å². The standard InChI is InChI=1S/C8H16O3.F2HO2P/c1-7(2)5-8(10)6-11-4-3-9;1-5(2,3)4/h8-10H,1,3-6H2,2H3;(H,3,4). The number of aliphatic hydroxyl groups excluding tert-OH is 2. The van der Waals surface area contributed by atoms with Crippen LogP contribution in [0.25, 0.3) is 0 Å². The van der Waals surface area contributed by atoms with E-state index in [1.807, 2.05) is 6.92 Å². The van der Waals surface area contributed by atoms with E-state index in [1.165, 1.54) is 0 Å². The van der Waals surface area contributed by atoms with Gasteiger partial charge in [-0.05, 0) is 13.3 Å². The predicted octanol–water partition coefficient (Wildman–Crippen LogP) is 1.35. The first kappa shape index (κ1) is 18.0. The van der Waals surface area contributed by atoms with Gasteiger partial charge >= 0.3 is 7.99 Å². The molecule has 1 unspecified atom stereocenters. The minimum Gasteiger partial charge on any atom is -0.394 e. The number of hydrogen-bond acceptors (Lipinski definition) is 4. The molecule has 0 heterocycles. The Kier molecular flexibility index (Phi) is 11.1. The Morgan fingerprint density at radius 2 is 2.00 bits per heavy atom. The molecule has 0 amide bonds. The average Bonchev–Trinajstić information content (AvgIpc) is 1.99. The maximum Gasteiger partial charge on any atom is 0.549 e. The van der Waals surface area contributed by atoms with Crippen LogP contribution in [0.5, 0.6) is 0 Å². The Morgan fingerprint density at radius 3 is 2.31 bits per heavy atom. The number of rotatable bonds is 6. The number of halogens is 2. The summed E-state index contributed by atoms with van der Waals surface area (Å²) in [5.74, 6) is 0. The van der Waals surface area contributed by atoms with E-state index in [9.17, 15) is 13.5 Å². The summed E-state index contributed by atoms with van der Waals surface area (Å²) in [6, 6.07) is 0. The normalized spacial score (nSPS) is 12.6. The minimum absolute atomic E-state index is 0.000207.